The summed E-state index contributed by atoms with van der Waals surface area (Å²) in [5.41, 5.74) is -3.71. The minimum Gasteiger partial charge on any atom is -0.480 e. The molecule has 124 valence electrons. The summed E-state index contributed by atoms with van der Waals surface area (Å²) in [6.07, 6.45) is -5.43. The fourth-order valence-corrected chi connectivity index (χ4v) is 3.05. The van der Waals surface area contributed by atoms with Gasteiger partial charge in [0, 0.05) is 18.5 Å². The topological polar surface area (TPSA) is 57.6 Å². The van der Waals surface area contributed by atoms with Gasteiger partial charge in [0.1, 0.15) is 6.54 Å². The van der Waals surface area contributed by atoms with Gasteiger partial charge in [-0.1, -0.05) is 0 Å². The number of benzene rings is 1. The molecule has 0 aromatic heterocycles. The van der Waals surface area contributed by atoms with Gasteiger partial charge in [0.25, 0.3) is 11.8 Å². The first-order valence-electron chi connectivity index (χ1n) is 6.59. The molecular formula is C14H10F5NO3. The number of alkyl halides is 5. The van der Waals surface area contributed by atoms with Crippen molar-refractivity contribution in [1.82, 2.24) is 4.90 Å². The summed E-state index contributed by atoms with van der Waals surface area (Å²) >= 11 is 0. The first-order chi connectivity index (χ1) is 10.5. The highest BCUT2D eigenvalue weighted by atomic mass is 19.4. The Labute approximate surface area is 126 Å². The van der Waals surface area contributed by atoms with Crippen molar-refractivity contribution < 1.29 is 36.6 Å². The number of fused-ring (bicyclic) bond motifs is 2. The Balaban J connectivity index is 2.13. The summed E-state index contributed by atoms with van der Waals surface area (Å²) in [5.74, 6) is -5.51. The van der Waals surface area contributed by atoms with Crippen LogP contribution >= 0.6 is 0 Å². The molecule has 2 aliphatic rings. The van der Waals surface area contributed by atoms with Crippen LogP contribution in [0.3, 0.4) is 0 Å². The van der Waals surface area contributed by atoms with Crippen LogP contribution in [0.15, 0.2) is 18.2 Å². The van der Waals surface area contributed by atoms with E-state index in [0.29, 0.717) is 12.1 Å². The van der Waals surface area contributed by atoms with Gasteiger partial charge in [0.15, 0.2) is 0 Å². The number of halogens is 5. The Hall–Kier alpha value is -2.19. The maximum Gasteiger partial charge on any atom is 0.416 e. The second-order valence-corrected chi connectivity index (χ2v) is 5.78. The molecule has 23 heavy (non-hydrogen) atoms. The molecule has 3 rings (SSSR count). The highest BCUT2D eigenvalue weighted by Gasteiger charge is 2.74. The zero-order valence-corrected chi connectivity index (χ0v) is 11.5. The highest BCUT2D eigenvalue weighted by Crippen LogP contribution is 2.64. The molecule has 9 heteroatoms. The molecule has 4 nitrogen and oxygen atoms in total. The number of carbonyl (C=O) groups excluding carboxylic acids is 1. The quantitative estimate of drug-likeness (QED) is 0.845. The molecule has 1 aliphatic heterocycles. The highest BCUT2D eigenvalue weighted by molar-refractivity contribution is 5.99. The number of carbonyl (C=O) groups is 2. The molecule has 1 aromatic carbocycles. The van der Waals surface area contributed by atoms with E-state index in [2.05, 4.69) is 0 Å². The minimum absolute atomic E-state index is 0.303. The monoisotopic (exact) mass is 335 g/mol. The Morgan fingerprint density at radius 3 is 2.39 bits per heavy atom. The number of carboxylic acid groups (broad SMARTS) is 1. The van der Waals surface area contributed by atoms with Gasteiger partial charge in [-0.15, -0.1) is 0 Å². The lowest BCUT2D eigenvalue weighted by molar-refractivity contribution is -0.138. The number of carboxylic acids is 1. The first-order valence-corrected chi connectivity index (χ1v) is 6.59. The molecule has 1 N–H and O–H groups in total. The van der Waals surface area contributed by atoms with Crippen molar-refractivity contribution in [2.75, 3.05) is 13.1 Å². The fourth-order valence-electron chi connectivity index (χ4n) is 3.05. The smallest absolute Gasteiger partial charge is 0.416 e. The molecule has 1 aliphatic carbocycles. The van der Waals surface area contributed by atoms with Crippen LogP contribution < -0.4 is 0 Å². The predicted molar refractivity (Wildman–Crippen MR) is 66.2 cm³/mol. The molecule has 0 bridgehead atoms. The minimum atomic E-state index is -4.72. The standard InChI is InChI=1S/C14H10F5NO3/c15-13(16)5-12(13)6-20(4-10(21)22)11(23)8-2-1-7(3-9(8)12)14(17,18)19/h1-3H,4-6H2,(H,21,22). The van der Waals surface area contributed by atoms with Crippen LogP contribution in [0.4, 0.5) is 22.0 Å². The Morgan fingerprint density at radius 1 is 1.30 bits per heavy atom. The predicted octanol–water partition coefficient (Wildman–Crippen LogP) is 2.52. The third kappa shape index (κ3) is 2.25. The Bertz CT molecular complexity index is 715. The average Bonchev–Trinajstić information content (AvgIpc) is 2.96. The molecule has 0 saturated heterocycles. The van der Waals surface area contributed by atoms with Crippen molar-refractivity contribution in [3.8, 4) is 0 Å². The van der Waals surface area contributed by atoms with E-state index in [4.69, 9.17) is 5.11 Å². The third-order valence-corrected chi connectivity index (χ3v) is 4.27. The average molecular weight is 335 g/mol. The van der Waals surface area contributed by atoms with Crippen LogP contribution in [-0.2, 0) is 16.4 Å². The number of rotatable bonds is 2. The Kier molecular flexibility index (Phi) is 3.02. The second-order valence-electron chi connectivity index (χ2n) is 5.78. The van der Waals surface area contributed by atoms with E-state index in [0.717, 1.165) is 11.0 Å². The molecule has 0 radical (unpaired) electrons. The Morgan fingerprint density at radius 2 is 1.91 bits per heavy atom. The van der Waals surface area contributed by atoms with Crippen molar-refractivity contribution >= 4 is 11.9 Å². The second kappa shape index (κ2) is 4.42. The van der Waals surface area contributed by atoms with E-state index in [1.54, 1.807) is 0 Å². The lowest BCUT2D eigenvalue weighted by atomic mass is 9.84. The van der Waals surface area contributed by atoms with E-state index in [1.807, 2.05) is 0 Å². The summed E-state index contributed by atoms with van der Waals surface area (Å²) in [6.45, 7) is -1.39. The van der Waals surface area contributed by atoms with E-state index >= 15 is 0 Å². The van der Waals surface area contributed by atoms with Gasteiger partial charge in [-0.25, -0.2) is 8.78 Å². The summed E-state index contributed by atoms with van der Waals surface area (Å²) < 4.78 is 66.1. The SMILES string of the molecule is O=C(O)CN1CC2(CC2(F)F)c2cc(C(F)(F)F)ccc2C1=O. The molecule has 1 heterocycles. The molecule has 1 atom stereocenters. The maximum absolute atomic E-state index is 13.9. The van der Waals surface area contributed by atoms with Crippen LogP contribution in [0.1, 0.15) is 27.9 Å². The third-order valence-electron chi connectivity index (χ3n) is 4.27. The molecule has 1 unspecified atom stereocenters. The van der Waals surface area contributed by atoms with Crippen LogP contribution in [0.25, 0.3) is 0 Å². The van der Waals surface area contributed by atoms with Gasteiger partial charge in [-0.05, 0) is 23.8 Å². The van der Waals surface area contributed by atoms with Gasteiger partial charge in [0.2, 0.25) is 0 Å². The van der Waals surface area contributed by atoms with Crippen molar-refractivity contribution in [2.45, 2.75) is 23.9 Å². The molecule has 1 fully saturated rings. The van der Waals surface area contributed by atoms with Crippen LogP contribution in [0.2, 0.25) is 0 Å². The van der Waals surface area contributed by atoms with E-state index in [1.165, 1.54) is 0 Å². The molecule has 1 spiro atoms. The van der Waals surface area contributed by atoms with Crippen LogP contribution in [-0.4, -0.2) is 40.9 Å². The number of aliphatic carboxylic acids is 1. The van der Waals surface area contributed by atoms with Gasteiger partial charge in [-0.3, -0.25) is 9.59 Å². The van der Waals surface area contributed by atoms with Crippen LogP contribution in [0, 0.1) is 0 Å². The lowest BCUT2D eigenvalue weighted by Crippen LogP contribution is -2.47. The van der Waals surface area contributed by atoms with E-state index in [9.17, 15) is 31.5 Å². The van der Waals surface area contributed by atoms with Gasteiger partial charge in [0.05, 0.1) is 11.0 Å². The van der Waals surface area contributed by atoms with Crippen molar-refractivity contribution in [1.29, 1.82) is 0 Å². The summed E-state index contributed by atoms with van der Waals surface area (Å²) in [4.78, 5) is 23.7. The van der Waals surface area contributed by atoms with Gasteiger partial charge < -0.3 is 10.0 Å². The van der Waals surface area contributed by atoms with E-state index < -0.39 is 54.5 Å². The number of hydrogen-bond acceptors (Lipinski definition) is 2. The maximum atomic E-state index is 13.9. The number of amides is 1. The molecule has 1 saturated carbocycles. The van der Waals surface area contributed by atoms with E-state index in [-0.39, 0.29) is 11.1 Å². The van der Waals surface area contributed by atoms with Gasteiger partial charge >= 0.3 is 12.1 Å². The zero-order chi connectivity index (χ0) is 17.2. The molecular weight excluding hydrogens is 325 g/mol. The summed E-state index contributed by atoms with van der Waals surface area (Å²) in [5, 5.41) is 8.77. The van der Waals surface area contributed by atoms with Crippen molar-refractivity contribution in [3.63, 3.8) is 0 Å². The molecule has 1 amide bonds. The van der Waals surface area contributed by atoms with Crippen molar-refractivity contribution in [3.05, 3.63) is 34.9 Å². The summed E-state index contributed by atoms with van der Waals surface area (Å²) in [7, 11) is 0. The van der Waals surface area contributed by atoms with Crippen molar-refractivity contribution in [2.24, 2.45) is 0 Å². The number of hydrogen-bond donors (Lipinski definition) is 1. The lowest BCUT2D eigenvalue weighted by Gasteiger charge is -2.34. The normalized spacial score (nSPS) is 25.4. The summed E-state index contributed by atoms with van der Waals surface area (Å²) in [6, 6.07) is 2.05. The molecule has 1 aromatic rings. The first kappa shape index (κ1) is 15.7. The van der Waals surface area contributed by atoms with Gasteiger partial charge in [-0.2, -0.15) is 13.2 Å². The fraction of sp³-hybridized carbons (Fsp3) is 0.429. The zero-order valence-electron chi connectivity index (χ0n) is 11.5. The van der Waals surface area contributed by atoms with Crippen LogP contribution in [0.5, 0.6) is 0 Å². The number of nitrogens with zero attached hydrogens (tertiary/aromatic N) is 1. The largest absolute Gasteiger partial charge is 0.480 e.